The van der Waals surface area contributed by atoms with E-state index in [4.69, 9.17) is 37.4 Å². The number of nitrogens with one attached hydrogen (secondary N) is 1. The number of hydrogen-bond acceptors (Lipinski definition) is 6. The molecule has 0 aliphatic rings. The molecule has 1 aromatic heterocycles. The van der Waals surface area contributed by atoms with Gasteiger partial charge >= 0.3 is 5.97 Å². The molecule has 0 bridgehead atoms. The average Bonchev–Trinajstić information content (AvgIpc) is 2.62. The Labute approximate surface area is 160 Å². The quantitative estimate of drug-likeness (QED) is 0.748. The van der Waals surface area contributed by atoms with Gasteiger partial charge in [-0.15, -0.1) is 0 Å². The summed E-state index contributed by atoms with van der Waals surface area (Å²) in [6.45, 7) is 1.44. The predicted octanol–water partition coefficient (Wildman–Crippen LogP) is 3.59. The second-order valence-electron chi connectivity index (χ2n) is 5.09. The van der Waals surface area contributed by atoms with Crippen LogP contribution in [0, 0.1) is 0 Å². The van der Waals surface area contributed by atoms with Gasteiger partial charge in [0.1, 0.15) is 5.82 Å². The molecule has 1 atom stereocenters. The maximum Gasteiger partial charge on any atom is 0.339 e. The summed E-state index contributed by atoms with van der Waals surface area (Å²) in [7, 11) is 2.84. The summed E-state index contributed by atoms with van der Waals surface area (Å²) in [5.74, 6) is -0.421. The van der Waals surface area contributed by atoms with E-state index in [9.17, 15) is 9.59 Å². The fourth-order valence-electron chi connectivity index (χ4n) is 2.00. The third kappa shape index (κ3) is 4.77. The summed E-state index contributed by atoms with van der Waals surface area (Å²) in [5, 5.41) is 3.14. The van der Waals surface area contributed by atoms with Crippen molar-refractivity contribution in [3.05, 3.63) is 46.1 Å². The van der Waals surface area contributed by atoms with E-state index in [-0.39, 0.29) is 22.2 Å². The molecule has 7 nitrogen and oxygen atoms in total. The van der Waals surface area contributed by atoms with Crippen molar-refractivity contribution in [1.29, 1.82) is 0 Å². The first-order chi connectivity index (χ1) is 12.3. The highest BCUT2D eigenvalue weighted by Crippen LogP contribution is 2.36. The third-order valence-electron chi connectivity index (χ3n) is 3.30. The van der Waals surface area contributed by atoms with Gasteiger partial charge in [-0.1, -0.05) is 23.2 Å². The Balaban J connectivity index is 2.07. The number of ether oxygens (including phenoxy) is 3. The Morgan fingerprint density at radius 2 is 1.88 bits per heavy atom. The minimum absolute atomic E-state index is 0.122. The van der Waals surface area contributed by atoms with E-state index in [1.807, 2.05) is 0 Å². The van der Waals surface area contributed by atoms with E-state index in [0.29, 0.717) is 10.8 Å². The standard InChI is InChI=1S/C17H16Cl2N2O5/c1-9(16(22)21-14-5-4-11(18)8-20-14)26-17(23)10-6-12(19)15(25-3)13(7-10)24-2/h4-9H,1-3H3,(H,20,21,22)/t9-/m0/s1. The summed E-state index contributed by atoms with van der Waals surface area (Å²) in [4.78, 5) is 28.3. The molecule has 0 saturated carbocycles. The van der Waals surface area contributed by atoms with Gasteiger partial charge in [-0.05, 0) is 31.2 Å². The van der Waals surface area contributed by atoms with Crippen molar-refractivity contribution < 1.29 is 23.8 Å². The van der Waals surface area contributed by atoms with E-state index in [1.165, 1.54) is 45.5 Å². The number of rotatable bonds is 6. The van der Waals surface area contributed by atoms with Gasteiger partial charge in [-0.3, -0.25) is 4.79 Å². The van der Waals surface area contributed by atoms with Crippen molar-refractivity contribution in [2.75, 3.05) is 19.5 Å². The van der Waals surface area contributed by atoms with Crippen LogP contribution >= 0.6 is 23.2 Å². The first-order valence-electron chi connectivity index (χ1n) is 7.40. The first kappa shape index (κ1) is 19.8. The highest BCUT2D eigenvalue weighted by molar-refractivity contribution is 6.32. The van der Waals surface area contributed by atoms with Crippen molar-refractivity contribution in [1.82, 2.24) is 4.98 Å². The number of nitrogens with zero attached hydrogens (tertiary/aromatic N) is 1. The molecular weight excluding hydrogens is 383 g/mol. The predicted molar refractivity (Wildman–Crippen MR) is 97.3 cm³/mol. The van der Waals surface area contributed by atoms with Crippen LogP contribution < -0.4 is 14.8 Å². The van der Waals surface area contributed by atoms with Gasteiger partial charge in [-0.2, -0.15) is 0 Å². The minimum atomic E-state index is -1.06. The second kappa shape index (κ2) is 8.73. The Morgan fingerprint density at radius 3 is 2.46 bits per heavy atom. The molecule has 1 amide bonds. The Hall–Kier alpha value is -2.51. The molecule has 0 spiro atoms. The van der Waals surface area contributed by atoms with E-state index in [1.54, 1.807) is 6.07 Å². The Morgan fingerprint density at radius 1 is 1.15 bits per heavy atom. The van der Waals surface area contributed by atoms with Gasteiger partial charge in [0.15, 0.2) is 17.6 Å². The van der Waals surface area contributed by atoms with Crippen LogP contribution in [0.1, 0.15) is 17.3 Å². The van der Waals surface area contributed by atoms with E-state index >= 15 is 0 Å². The number of benzene rings is 1. The van der Waals surface area contributed by atoms with Crippen molar-refractivity contribution in [2.45, 2.75) is 13.0 Å². The molecule has 2 rings (SSSR count). The lowest BCUT2D eigenvalue weighted by Crippen LogP contribution is -2.30. The zero-order chi connectivity index (χ0) is 19.3. The van der Waals surface area contributed by atoms with Crippen LogP contribution in [0.4, 0.5) is 5.82 Å². The Bertz CT molecular complexity index is 812. The van der Waals surface area contributed by atoms with Crippen LogP contribution in [0.2, 0.25) is 10.0 Å². The van der Waals surface area contributed by atoms with Crippen LogP contribution in [-0.2, 0) is 9.53 Å². The molecule has 2 aromatic rings. The molecule has 1 heterocycles. The van der Waals surface area contributed by atoms with Crippen LogP contribution in [0.25, 0.3) is 0 Å². The average molecular weight is 399 g/mol. The SMILES string of the molecule is COc1cc(C(=O)O[C@@H](C)C(=O)Nc2ccc(Cl)cn2)cc(Cl)c1OC. The molecule has 1 N–H and O–H groups in total. The zero-order valence-corrected chi connectivity index (χ0v) is 15.7. The van der Waals surface area contributed by atoms with Crippen LogP contribution in [0.3, 0.4) is 0 Å². The molecule has 0 fully saturated rings. The van der Waals surface area contributed by atoms with Crippen LogP contribution in [0.15, 0.2) is 30.5 Å². The maximum atomic E-state index is 12.3. The molecule has 0 saturated heterocycles. The lowest BCUT2D eigenvalue weighted by molar-refractivity contribution is -0.123. The number of pyridine rings is 1. The fraction of sp³-hybridized carbons (Fsp3) is 0.235. The second-order valence-corrected chi connectivity index (χ2v) is 5.94. The van der Waals surface area contributed by atoms with Crippen molar-refractivity contribution >= 4 is 40.9 Å². The normalized spacial score (nSPS) is 11.4. The van der Waals surface area contributed by atoms with E-state index in [2.05, 4.69) is 10.3 Å². The molecular formula is C17H16Cl2N2O5. The van der Waals surface area contributed by atoms with Crippen molar-refractivity contribution in [2.24, 2.45) is 0 Å². The summed E-state index contributed by atoms with van der Waals surface area (Å²) in [6, 6.07) is 5.89. The molecule has 0 aliphatic heterocycles. The molecule has 0 aliphatic carbocycles. The fourth-order valence-corrected chi connectivity index (χ4v) is 2.40. The van der Waals surface area contributed by atoms with Crippen molar-refractivity contribution in [3.8, 4) is 11.5 Å². The van der Waals surface area contributed by atoms with Gasteiger partial charge < -0.3 is 19.5 Å². The van der Waals surface area contributed by atoms with Crippen LogP contribution in [-0.4, -0.2) is 37.2 Å². The Kier molecular flexibility index (Phi) is 6.65. The number of anilines is 1. The largest absolute Gasteiger partial charge is 0.493 e. The smallest absolute Gasteiger partial charge is 0.339 e. The lowest BCUT2D eigenvalue weighted by Gasteiger charge is -2.15. The van der Waals surface area contributed by atoms with E-state index in [0.717, 1.165) is 0 Å². The van der Waals surface area contributed by atoms with Gasteiger partial charge in [0, 0.05) is 6.20 Å². The number of amides is 1. The lowest BCUT2D eigenvalue weighted by atomic mass is 10.2. The highest BCUT2D eigenvalue weighted by Gasteiger charge is 2.22. The molecule has 9 heteroatoms. The number of carbonyl (C=O) groups is 2. The van der Waals surface area contributed by atoms with E-state index < -0.39 is 18.0 Å². The molecule has 1 aromatic carbocycles. The molecule has 0 unspecified atom stereocenters. The number of esters is 1. The summed E-state index contributed by atoms with van der Waals surface area (Å²) >= 11 is 11.8. The summed E-state index contributed by atoms with van der Waals surface area (Å²) in [5.41, 5.74) is 0.122. The van der Waals surface area contributed by atoms with Gasteiger partial charge in [0.05, 0.1) is 29.8 Å². The molecule has 26 heavy (non-hydrogen) atoms. The first-order valence-corrected chi connectivity index (χ1v) is 8.16. The van der Waals surface area contributed by atoms with Gasteiger partial charge in [0.25, 0.3) is 5.91 Å². The van der Waals surface area contributed by atoms with Crippen molar-refractivity contribution in [3.63, 3.8) is 0 Å². The number of aromatic nitrogens is 1. The number of carbonyl (C=O) groups excluding carboxylic acids is 2. The molecule has 0 radical (unpaired) electrons. The summed E-state index contributed by atoms with van der Waals surface area (Å²) in [6.07, 6.45) is 0.325. The number of methoxy groups -OCH3 is 2. The maximum absolute atomic E-state index is 12.3. The topological polar surface area (TPSA) is 86.8 Å². The monoisotopic (exact) mass is 398 g/mol. The minimum Gasteiger partial charge on any atom is -0.493 e. The van der Waals surface area contributed by atoms with Gasteiger partial charge in [-0.25, -0.2) is 9.78 Å². The zero-order valence-electron chi connectivity index (χ0n) is 14.2. The van der Waals surface area contributed by atoms with Gasteiger partial charge in [0.2, 0.25) is 0 Å². The summed E-state index contributed by atoms with van der Waals surface area (Å²) < 4.78 is 15.4. The highest BCUT2D eigenvalue weighted by atomic mass is 35.5. The van der Waals surface area contributed by atoms with Crippen LogP contribution in [0.5, 0.6) is 11.5 Å². The number of hydrogen-bond donors (Lipinski definition) is 1. The number of halogens is 2. The molecule has 138 valence electrons. The third-order valence-corrected chi connectivity index (χ3v) is 3.81.